The van der Waals surface area contributed by atoms with Crippen LogP contribution in [0.2, 0.25) is 0 Å². The van der Waals surface area contributed by atoms with Crippen LogP contribution in [0.25, 0.3) is 32.3 Å². The molecule has 6 aromatic carbocycles. The van der Waals surface area contributed by atoms with E-state index in [1.807, 2.05) is 91.0 Å². The van der Waals surface area contributed by atoms with E-state index in [0.717, 1.165) is 32.3 Å². The average molecular weight is 705 g/mol. The standard InChI is InChI=1S/C39H30BrNO7/c1-45-41-23-35(47-38(43)32-18-15-26-9-3-6-12-29(26)21-32)36(48-39(44)33-19-16-27-10-4-7-13-30(27)22-33)34(40)24-46-37(42)31-17-14-25-8-2-5-11-28(25)20-31/h2-23,34-36H,24H2,1H3. The molecule has 6 aromatic rings. The van der Waals surface area contributed by atoms with Crippen LogP contribution in [-0.2, 0) is 19.0 Å². The number of carbonyl (C=O) groups is 3. The van der Waals surface area contributed by atoms with Crippen LogP contribution in [-0.4, -0.2) is 54.9 Å². The van der Waals surface area contributed by atoms with Crippen LogP contribution in [0, 0.1) is 0 Å². The van der Waals surface area contributed by atoms with Gasteiger partial charge in [-0.1, -0.05) is 112 Å². The Labute approximate surface area is 285 Å². The summed E-state index contributed by atoms with van der Waals surface area (Å²) in [7, 11) is 1.34. The van der Waals surface area contributed by atoms with Crippen molar-refractivity contribution in [3.8, 4) is 0 Å². The second-order valence-corrected chi connectivity index (χ2v) is 12.2. The summed E-state index contributed by atoms with van der Waals surface area (Å²) in [6.07, 6.45) is -1.20. The van der Waals surface area contributed by atoms with E-state index in [9.17, 15) is 14.4 Å². The SMILES string of the molecule is CON=CC(OC(=O)c1ccc2ccccc2c1)C(OC(=O)c1ccc2ccccc2c1)C(Br)COC(=O)c1ccc2ccccc2c1. The van der Waals surface area contributed by atoms with Gasteiger partial charge in [0.05, 0.1) is 27.7 Å². The molecule has 0 fully saturated rings. The van der Waals surface area contributed by atoms with Crippen LogP contribution < -0.4 is 0 Å². The van der Waals surface area contributed by atoms with Gasteiger partial charge in [0.2, 0.25) is 0 Å². The first-order valence-corrected chi connectivity index (χ1v) is 16.1. The molecule has 0 aliphatic rings. The average Bonchev–Trinajstić information content (AvgIpc) is 3.13. The van der Waals surface area contributed by atoms with Crippen molar-refractivity contribution in [2.24, 2.45) is 5.16 Å². The third-order valence-corrected chi connectivity index (χ3v) is 8.59. The zero-order valence-corrected chi connectivity index (χ0v) is 27.4. The van der Waals surface area contributed by atoms with Crippen molar-refractivity contribution in [1.82, 2.24) is 0 Å². The second kappa shape index (κ2) is 14.9. The van der Waals surface area contributed by atoms with Gasteiger partial charge in [-0.25, -0.2) is 14.4 Å². The molecule has 0 N–H and O–H groups in total. The topological polar surface area (TPSA) is 100 Å². The highest BCUT2D eigenvalue weighted by molar-refractivity contribution is 9.09. The Kier molecular flexibility index (Phi) is 10.1. The number of esters is 3. The van der Waals surface area contributed by atoms with E-state index in [4.69, 9.17) is 19.0 Å². The van der Waals surface area contributed by atoms with Crippen LogP contribution in [0.5, 0.6) is 0 Å². The Morgan fingerprint density at radius 1 is 0.604 bits per heavy atom. The van der Waals surface area contributed by atoms with Crippen LogP contribution in [0.1, 0.15) is 31.1 Å². The van der Waals surface area contributed by atoms with Crippen molar-refractivity contribution < 1.29 is 33.4 Å². The number of carbonyl (C=O) groups excluding carboxylic acids is 3. The Morgan fingerprint density at radius 3 is 1.48 bits per heavy atom. The molecule has 48 heavy (non-hydrogen) atoms. The maximum Gasteiger partial charge on any atom is 0.338 e. The lowest BCUT2D eigenvalue weighted by molar-refractivity contribution is -0.0208. The normalized spacial score (nSPS) is 13.2. The molecule has 240 valence electrons. The molecule has 3 atom stereocenters. The van der Waals surface area contributed by atoms with Gasteiger partial charge >= 0.3 is 17.9 Å². The first-order valence-electron chi connectivity index (χ1n) is 15.2. The summed E-state index contributed by atoms with van der Waals surface area (Å²) >= 11 is 3.55. The minimum absolute atomic E-state index is 0.230. The van der Waals surface area contributed by atoms with Crippen molar-refractivity contribution in [1.29, 1.82) is 0 Å². The summed E-state index contributed by atoms with van der Waals surface area (Å²) in [5, 5.41) is 9.34. The molecule has 0 aromatic heterocycles. The number of alkyl halides is 1. The highest BCUT2D eigenvalue weighted by Gasteiger charge is 2.36. The molecule has 9 heteroatoms. The Bertz CT molecular complexity index is 2150. The van der Waals surface area contributed by atoms with E-state index in [0.29, 0.717) is 5.56 Å². The zero-order chi connectivity index (χ0) is 33.5. The lowest BCUT2D eigenvalue weighted by atomic mass is 10.1. The van der Waals surface area contributed by atoms with E-state index >= 15 is 0 Å². The van der Waals surface area contributed by atoms with Gasteiger partial charge in [-0.05, 0) is 68.7 Å². The first kappa shape index (κ1) is 32.4. The van der Waals surface area contributed by atoms with Crippen LogP contribution in [0.3, 0.4) is 0 Å². The maximum atomic E-state index is 13.6. The lowest BCUT2D eigenvalue weighted by Gasteiger charge is -2.28. The predicted octanol–water partition coefficient (Wildman–Crippen LogP) is 8.15. The number of ether oxygens (including phenoxy) is 3. The molecule has 0 saturated carbocycles. The van der Waals surface area contributed by atoms with Gasteiger partial charge in [-0.3, -0.25) is 0 Å². The number of halogens is 1. The lowest BCUT2D eigenvalue weighted by Crippen LogP contribution is -2.44. The number of benzene rings is 6. The fraction of sp³-hybridized carbons (Fsp3) is 0.128. The number of oxime groups is 1. The van der Waals surface area contributed by atoms with E-state index in [1.54, 1.807) is 36.4 Å². The smallest absolute Gasteiger partial charge is 0.338 e. The van der Waals surface area contributed by atoms with Crippen LogP contribution >= 0.6 is 15.9 Å². The fourth-order valence-corrected chi connectivity index (χ4v) is 5.86. The highest BCUT2D eigenvalue weighted by Crippen LogP contribution is 2.24. The van der Waals surface area contributed by atoms with Crippen LogP contribution in [0.4, 0.5) is 0 Å². The number of rotatable bonds is 11. The molecular formula is C39H30BrNO7. The van der Waals surface area contributed by atoms with Crippen molar-refractivity contribution in [2.75, 3.05) is 13.7 Å². The van der Waals surface area contributed by atoms with Gasteiger partial charge in [-0.2, -0.15) is 0 Å². The highest BCUT2D eigenvalue weighted by atomic mass is 79.9. The molecule has 0 saturated heterocycles. The van der Waals surface area contributed by atoms with Crippen molar-refractivity contribution in [3.63, 3.8) is 0 Å². The molecule has 0 radical (unpaired) electrons. The summed E-state index contributed by atoms with van der Waals surface area (Å²) in [5.74, 6) is -1.92. The summed E-state index contributed by atoms with van der Waals surface area (Å²) in [5.41, 5.74) is 0.936. The Balaban J connectivity index is 1.27. The van der Waals surface area contributed by atoms with Gasteiger partial charge in [0.1, 0.15) is 13.7 Å². The molecule has 0 bridgehead atoms. The van der Waals surface area contributed by atoms with E-state index in [2.05, 4.69) is 21.1 Å². The van der Waals surface area contributed by atoms with Crippen molar-refractivity contribution in [2.45, 2.75) is 17.0 Å². The molecule has 0 aliphatic carbocycles. The van der Waals surface area contributed by atoms with E-state index in [1.165, 1.54) is 13.3 Å². The van der Waals surface area contributed by atoms with Gasteiger partial charge in [0.15, 0.2) is 12.2 Å². The summed E-state index contributed by atoms with van der Waals surface area (Å²) in [6.45, 7) is -0.230. The number of hydrogen-bond donors (Lipinski definition) is 0. The van der Waals surface area contributed by atoms with Gasteiger partial charge in [0.25, 0.3) is 0 Å². The zero-order valence-electron chi connectivity index (χ0n) is 25.8. The molecular weight excluding hydrogens is 674 g/mol. The third kappa shape index (κ3) is 7.53. The molecule has 0 spiro atoms. The van der Waals surface area contributed by atoms with Gasteiger partial charge in [-0.15, -0.1) is 0 Å². The van der Waals surface area contributed by atoms with E-state index in [-0.39, 0.29) is 17.7 Å². The summed E-state index contributed by atoms with van der Waals surface area (Å²) in [6, 6.07) is 38.6. The molecule has 0 amide bonds. The largest absolute Gasteiger partial charge is 0.461 e. The summed E-state index contributed by atoms with van der Waals surface area (Å²) in [4.78, 5) is 44.3. The Morgan fingerprint density at radius 2 is 1.02 bits per heavy atom. The molecule has 8 nitrogen and oxygen atoms in total. The minimum atomic E-state index is -1.24. The quantitative estimate of drug-likeness (QED) is 0.0441. The fourth-order valence-electron chi connectivity index (χ4n) is 5.32. The molecule has 0 heterocycles. The third-order valence-electron chi connectivity index (χ3n) is 7.81. The molecule has 3 unspecified atom stereocenters. The second-order valence-electron chi connectivity index (χ2n) is 11.0. The monoisotopic (exact) mass is 703 g/mol. The number of hydrogen-bond acceptors (Lipinski definition) is 8. The minimum Gasteiger partial charge on any atom is -0.461 e. The van der Waals surface area contributed by atoms with Crippen LogP contribution in [0.15, 0.2) is 133 Å². The van der Waals surface area contributed by atoms with Crippen molar-refractivity contribution >= 4 is 72.4 Å². The van der Waals surface area contributed by atoms with E-state index < -0.39 is 34.9 Å². The Hall–Kier alpha value is -5.54. The molecule has 0 aliphatic heterocycles. The first-order chi connectivity index (χ1) is 23.4. The predicted molar refractivity (Wildman–Crippen MR) is 189 cm³/mol. The molecule has 6 rings (SSSR count). The maximum absolute atomic E-state index is 13.6. The number of fused-ring (bicyclic) bond motifs is 3. The number of nitrogens with zero attached hydrogens (tertiary/aromatic N) is 1. The van der Waals surface area contributed by atoms with Crippen molar-refractivity contribution in [3.05, 3.63) is 144 Å². The van der Waals surface area contributed by atoms with Gasteiger partial charge < -0.3 is 19.0 Å². The van der Waals surface area contributed by atoms with Gasteiger partial charge in [0, 0.05) is 0 Å². The summed E-state index contributed by atoms with van der Waals surface area (Å²) < 4.78 is 17.6.